The van der Waals surface area contributed by atoms with Crippen molar-refractivity contribution < 1.29 is 9.90 Å². The van der Waals surface area contributed by atoms with Gasteiger partial charge >= 0.3 is 5.97 Å². The highest BCUT2D eigenvalue weighted by molar-refractivity contribution is 5.73. The summed E-state index contributed by atoms with van der Waals surface area (Å²) in [5.41, 5.74) is 6.32. The summed E-state index contributed by atoms with van der Waals surface area (Å²) < 4.78 is 0. The van der Waals surface area contributed by atoms with Crippen molar-refractivity contribution >= 4 is 5.97 Å². The number of nitrogens with one attached hydrogen (secondary N) is 2. The molecule has 0 unspecified atom stereocenters. The van der Waals surface area contributed by atoms with Crippen molar-refractivity contribution in [3.63, 3.8) is 0 Å². The van der Waals surface area contributed by atoms with Crippen LogP contribution in [0.2, 0.25) is 0 Å². The summed E-state index contributed by atoms with van der Waals surface area (Å²) >= 11 is 0. The smallest absolute Gasteiger partial charge is 0.322 e. The van der Waals surface area contributed by atoms with Gasteiger partial charge in [0.05, 0.1) is 0 Å². The summed E-state index contributed by atoms with van der Waals surface area (Å²) in [6, 6.07) is 8.93. The van der Waals surface area contributed by atoms with Crippen molar-refractivity contribution in [2.45, 2.75) is 12.5 Å². The first kappa shape index (κ1) is 10.7. The van der Waals surface area contributed by atoms with Gasteiger partial charge in [0.1, 0.15) is 6.04 Å². The van der Waals surface area contributed by atoms with E-state index >= 15 is 0 Å². The topological polar surface area (TPSA) is 61.4 Å². The Morgan fingerprint density at radius 3 is 2.57 bits per heavy atom. The molecule has 0 fully saturated rings. The van der Waals surface area contributed by atoms with Crippen molar-refractivity contribution in [2.24, 2.45) is 0 Å². The first-order valence-electron chi connectivity index (χ1n) is 4.43. The summed E-state index contributed by atoms with van der Waals surface area (Å²) in [6.07, 6.45) is 0.469. The minimum atomic E-state index is -0.858. The molecule has 0 aliphatic heterocycles. The number of carboxylic acids is 1. The molecule has 1 aromatic rings. The quantitative estimate of drug-likeness (QED) is 0.594. The third-order valence-electron chi connectivity index (χ3n) is 1.90. The van der Waals surface area contributed by atoms with Crippen molar-refractivity contribution in [1.82, 2.24) is 10.9 Å². The van der Waals surface area contributed by atoms with Crippen LogP contribution in [0.4, 0.5) is 0 Å². The monoisotopic (exact) mass is 194 g/mol. The molecule has 14 heavy (non-hydrogen) atoms. The molecule has 0 bridgehead atoms. The molecule has 0 radical (unpaired) electrons. The fourth-order valence-corrected chi connectivity index (χ4v) is 1.22. The van der Waals surface area contributed by atoms with Crippen LogP contribution in [-0.4, -0.2) is 24.2 Å². The van der Waals surface area contributed by atoms with Crippen LogP contribution in [0.15, 0.2) is 30.3 Å². The molecule has 0 aliphatic carbocycles. The van der Waals surface area contributed by atoms with Crippen LogP contribution >= 0.6 is 0 Å². The Kier molecular flexibility index (Phi) is 4.10. The summed E-state index contributed by atoms with van der Waals surface area (Å²) in [4.78, 5) is 10.8. The molecular formula is C10H14N2O2. The van der Waals surface area contributed by atoms with Gasteiger partial charge in [-0.2, -0.15) is 0 Å². The van der Waals surface area contributed by atoms with Gasteiger partial charge in [0.2, 0.25) is 0 Å². The van der Waals surface area contributed by atoms with Gasteiger partial charge < -0.3 is 5.11 Å². The van der Waals surface area contributed by atoms with Crippen molar-refractivity contribution in [3.05, 3.63) is 35.9 Å². The van der Waals surface area contributed by atoms with Crippen LogP contribution in [0.25, 0.3) is 0 Å². The molecule has 0 saturated carbocycles. The Morgan fingerprint density at radius 2 is 2.07 bits per heavy atom. The number of hydrazine groups is 1. The second-order valence-corrected chi connectivity index (χ2v) is 2.97. The van der Waals surface area contributed by atoms with Gasteiger partial charge in [0.15, 0.2) is 0 Å². The third kappa shape index (κ3) is 3.16. The highest BCUT2D eigenvalue weighted by Gasteiger charge is 2.15. The molecule has 1 aromatic carbocycles. The molecule has 1 rings (SSSR count). The standard InChI is InChI=1S/C10H14N2O2/c1-11-12-9(10(13)14)7-8-5-3-2-4-6-8/h2-6,9,11-12H,7H2,1H3,(H,13,14)/t9-/m0/s1. The van der Waals surface area contributed by atoms with E-state index in [9.17, 15) is 4.79 Å². The maximum absolute atomic E-state index is 10.8. The SMILES string of the molecule is CNN[C@@H](Cc1ccccc1)C(=O)O. The number of carboxylic acid groups (broad SMARTS) is 1. The van der Waals surface area contributed by atoms with E-state index in [1.165, 1.54) is 0 Å². The Morgan fingerprint density at radius 1 is 1.43 bits per heavy atom. The lowest BCUT2D eigenvalue weighted by Crippen LogP contribution is -2.44. The van der Waals surface area contributed by atoms with Gasteiger partial charge in [0, 0.05) is 0 Å². The van der Waals surface area contributed by atoms with Gasteiger partial charge in [-0.3, -0.25) is 10.2 Å². The third-order valence-corrected chi connectivity index (χ3v) is 1.90. The van der Waals surface area contributed by atoms with E-state index in [0.717, 1.165) is 5.56 Å². The normalized spacial score (nSPS) is 12.4. The first-order valence-corrected chi connectivity index (χ1v) is 4.43. The van der Waals surface area contributed by atoms with Crippen LogP contribution in [0.1, 0.15) is 5.56 Å². The maximum atomic E-state index is 10.8. The van der Waals surface area contributed by atoms with Crippen LogP contribution in [0.3, 0.4) is 0 Å². The van der Waals surface area contributed by atoms with Gasteiger partial charge in [0.25, 0.3) is 0 Å². The Bertz CT molecular complexity index is 287. The molecule has 0 aliphatic rings. The largest absolute Gasteiger partial charge is 0.480 e. The van der Waals surface area contributed by atoms with E-state index in [4.69, 9.17) is 5.11 Å². The minimum Gasteiger partial charge on any atom is -0.480 e. The molecule has 4 heteroatoms. The Hall–Kier alpha value is -1.39. The molecule has 1 atom stereocenters. The second-order valence-electron chi connectivity index (χ2n) is 2.97. The lowest BCUT2D eigenvalue weighted by atomic mass is 10.1. The van der Waals surface area contributed by atoms with Gasteiger partial charge in [-0.25, -0.2) is 5.43 Å². The number of benzene rings is 1. The zero-order valence-electron chi connectivity index (χ0n) is 8.03. The average molecular weight is 194 g/mol. The van der Waals surface area contributed by atoms with Crippen molar-refractivity contribution in [1.29, 1.82) is 0 Å². The number of aliphatic carboxylic acids is 1. The van der Waals surface area contributed by atoms with E-state index in [1.54, 1.807) is 7.05 Å². The van der Waals surface area contributed by atoms with Crippen molar-refractivity contribution in [2.75, 3.05) is 7.05 Å². The molecule has 0 spiro atoms. The average Bonchev–Trinajstić information content (AvgIpc) is 2.18. The van der Waals surface area contributed by atoms with Crippen LogP contribution < -0.4 is 10.9 Å². The van der Waals surface area contributed by atoms with E-state index in [-0.39, 0.29) is 0 Å². The van der Waals surface area contributed by atoms with Gasteiger partial charge in [-0.15, -0.1) is 0 Å². The fraction of sp³-hybridized carbons (Fsp3) is 0.300. The lowest BCUT2D eigenvalue weighted by molar-refractivity contribution is -0.139. The molecular weight excluding hydrogens is 180 g/mol. The number of hydrogen-bond donors (Lipinski definition) is 3. The second kappa shape index (κ2) is 5.36. The first-order chi connectivity index (χ1) is 6.74. The molecule has 0 amide bonds. The Labute approximate surface area is 82.9 Å². The van der Waals surface area contributed by atoms with Crippen LogP contribution in [0.5, 0.6) is 0 Å². The molecule has 0 aromatic heterocycles. The minimum absolute atomic E-state index is 0.469. The van der Waals surface area contributed by atoms with E-state index < -0.39 is 12.0 Å². The molecule has 76 valence electrons. The van der Waals surface area contributed by atoms with Gasteiger partial charge in [-0.05, 0) is 19.0 Å². The highest BCUT2D eigenvalue weighted by atomic mass is 16.4. The predicted molar refractivity (Wildman–Crippen MR) is 53.8 cm³/mol. The van der Waals surface area contributed by atoms with Crippen LogP contribution in [0, 0.1) is 0 Å². The van der Waals surface area contributed by atoms with E-state index in [2.05, 4.69) is 10.9 Å². The van der Waals surface area contributed by atoms with E-state index in [0.29, 0.717) is 6.42 Å². The molecule has 0 heterocycles. The fourth-order valence-electron chi connectivity index (χ4n) is 1.22. The number of hydrogen-bond acceptors (Lipinski definition) is 3. The maximum Gasteiger partial charge on any atom is 0.322 e. The Balaban J connectivity index is 2.60. The lowest BCUT2D eigenvalue weighted by Gasteiger charge is -2.13. The zero-order valence-corrected chi connectivity index (χ0v) is 8.03. The van der Waals surface area contributed by atoms with Gasteiger partial charge in [-0.1, -0.05) is 30.3 Å². The molecule has 4 nitrogen and oxygen atoms in total. The summed E-state index contributed by atoms with van der Waals surface area (Å²) in [5.74, 6) is -0.858. The predicted octanol–water partition coefficient (Wildman–Crippen LogP) is 0.406. The van der Waals surface area contributed by atoms with E-state index in [1.807, 2.05) is 30.3 Å². The van der Waals surface area contributed by atoms with Crippen molar-refractivity contribution in [3.8, 4) is 0 Å². The molecule has 0 saturated heterocycles. The number of rotatable bonds is 5. The highest BCUT2D eigenvalue weighted by Crippen LogP contribution is 2.02. The zero-order chi connectivity index (χ0) is 10.4. The number of carbonyl (C=O) groups is 1. The summed E-state index contributed by atoms with van der Waals surface area (Å²) in [7, 11) is 1.65. The summed E-state index contributed by atoms with van der Waals surface area (Å²) in [6.45, 7) is 0. The van der Waals surface area contributed by atoms with Crippen LogP contribution in [-0.2, 0) is 11.2 Å². The molecule has 3 N–H and O–H groups in total. The summed E-state index contributed by atoms with van der Waals surface area (Å²) in [5, 5.41) is 8.86.